The molecule has 0 aromatic carbocycles. The highest BCUT2D eigenvalue weighted by atomic mass is 32.1. The Labute approximate surface area is 100 Å². The Balaban J connectivity index is 4.26. The number of thiocarbonyl (C=S) groups is 1. The average Bonchev–Trinajstić information content (AvgIpc) is 2.16. The molecule has 0 aliphatic heterocycles. The highest BCUT2D eigenvalue weighted by molar-refractivity contribution is 7.80. The van der Waals surface area contributed by atoms with E-state index in [0.717, 1.165) is 18.1 Å². The Morgan fingerprint density at radius 3 is 2.27 bits per heavy atom. The van der Waals surface area contributed by atoms with Crippen molar-refractivity contribution in [3.05, 3.63) is 0 Å². The fourth-order valence-corrected chi connectivity index (χ4v) is 1.91. The summed E-state index contributed by atoms with van der Waals surface area (Å²) < 4.78 is 0. The molecule has 1 unspecified atom stereocenters. The van der Waals surface area contributed by atoms with Gasteiger partial charge in [-0.25, -0.2) is 0 Å². The lowest BCUT2D eigenvalue weighted by atomic mass is 10.2. The van der Waals surface area contributed by atoms with Gasteiger partial charge in [-0.3, -0.25) is 0 Å². The minimum Gasteiger partial charge on any atom is -0.360 e. The Morgan fingerprint density at radius 2 is 1.87 bits per heavy atom. The van der Waals surface area contributed by atoms with E-state index in [4.69, 9.17) is 12.2 Å². The molecule has 0 radical (unpaired) electrons. The molecule has 0 bridgehead atoms. The van der Waals surface area contributed by atoms with Crippen LogP contribution in [0.3, 0.4) is 0 Å². The maximum Gasteiger partial charge on any atom is 0.169 e. The molecule has 0 saturated carbocycles. The third-order valence-electron chi connectivity index (χ3n) is 2.55. The van der Waals surface area contributed by atoms with Gasteiger partial charge in [0.25, 0.3) is 0 Å². The van der Waals surface area contributed by atoms with Crippen LogP contribution in [0.25, 0.3) is 0 Å². The number of nitrogens with zero attached hydrogens (tertiary/aromatic N) is 1. The summed E-state index contributed by atoms with van der Waals surface area (Å²) in [7, 11) is 0. The highest BCUT2D eigenvalue weighted by Crippen LogP contribution is 2.06. The third kappa shape index (κ3) is 5.98. The smallest absolute Gasteiger partial charge is 0.169 e. The maximum absolute atomic E-state index is 5.42. The molecule has 0 spiro atoms. The second-order valence-corrected chi connectivity index (χ2v) is 4.80. The van der Waals surface area contributed by atoms with Crippen LogP contribution in [-0.2, 0) is 0 Å². The van der Waals surface area contributed by atoms with Crippen LogP contribution in [0.5, 0.6) is 0 Å². The monoisotopic (exact) mass is 230 g/mol. The maximum atomic E-state index is 5.42. The van der Waals surface area contributed by atoms with E-state index >= 15 is 0 Å². The van der Waals surface area contributed by atoms with Crippen molar-refractivity contribution in [2.75, 3.05) is 6.54 Å². The van der Waals surface area contributed by atoms with Crippen LogP contribution >= 0.6 is 12.2 Å². The van der Waals surface area contributed by atoms with Gasteiger partial charge in [-0.05, 0) is 45.8 Å². The van der Waals surface area contributed by atoms with Crippen LogP contribution in [0.15, 0.2) is 0 Å². The van der Waals surface area contributed by atoms with Gasteiger partial charge in [-0.1, -0.05) is 20.3 Å². The highest BCUT2D eigenvalue weighted by Gasteiger charge is 2.15. The Bertz CT molecular complexity index is 180. The van der Waals surface area contributed by atoms with Crippen molar-refractivity contribution in [3.8, 4) is 0 Å². The summed E-state index contributed by atoms with van der Waals surface area (Å²) in [6.45, 7) is 12.0. The fourth-order valence-electron chi connectivity index (χ4n) is 1.40. The van der Waals surface area contributed by atoms with Gasteiger partial charge in [0.15, 0.2) is 5.11 Å². The summed E-state index contributed by atoms with van der Waals surface area (Å²) in [4.78, 5) is 2.32. The second kappa shape index (κ2) is 7.91. The van der Waals surface area contributed by atoms with Gasteiger partial charge in [0.2, 0.25) is 0 Å². The molecule has 2 nitrogen and oxygen atoms in total. The Morgan fingerprint density at radius 1 is 1.27 bits per heavy atom. The Kier molecular flexibility index (Phi) is 7.75. The summed E-state index contributed by atoms with van der Waals surface area (Å²) in [6.07, 6.45) is 3.57. The van der Waals surface area contributed by atoms with E-state index < -0.39 is 0 Å². The lowest BCUT2D eigenvalue weighted by Crippen LogP contribution is -2.47. The molecule has 1 N–H and O–H groups in total. The van der Waals surface area contributed by atoms with Crippen molar-refractivity contribution in [2.24, 2.45) is 0 Å². The van der Waals surface area contributed by atoms with Gasteiger partial charge in [0.1, 0.15) is 0 Å². The quantitative estimate of drug-likeness (QED) is 0.706. The van der Waals surface area contributed by atoms with Crippen molar-refractivity contribution in [1.29, 1.82) is 0 Å². The lowest BCUT2D eigenvalue weighted by Gasteiger charge is -2.32. The minimum absolute atomic E-state index is 0.422. The van der Waals surface area contributed by atoms with Gasteiger partial charge in [-0.2, -0.15) is 0 Å². The predicted molar refractivity (Wildman–Crippen MR) is 72.2 cm³/mol. The number of hydrogen-bond donors (Lipinski definition) is 1. The van der Waals surface area contributed by atoms with Crippen molar-refractivity contribution in [1.82, 2.24) is 10.2 Å². The fraction of sp³-hybridized carbons (Fsp3) is 0.917. The number of unbranched alkanes of at least 4 members (excludes halogenated alkanes) is 1. The number of nitrogens with one attached hydrogen (secondary N) is 1. The first-order valence-corrected chi connectivity index (χ1v) is 6.50. The molecule has 0 fully saturated rings. The lowest BCUT2D eigenvalue weighted by molar-refractivity contribution is 0.310. The van der Waals surface area contributed by atoms with Crippen LogP contribution in [0.1, 0.15) is 53.9 Å². The molecule has 0 aliphatic carbocycles. The van der Waals surface area contributed by atoms with Crippen LogP contribution in [0, 0.1) is 0 Å². The normalized spacial score (nSPS) is 12.7. The summed E-state index contributed by atoms with van der Waals surface area (Å²) in [6, 6.07) is 0.959. The minimum atomic E-state index is 0.422. The van der Waals surface area contributed by atoms with Crippen LogP contribution < -0.4 is 5.32 Å². The zero-order valence-corrected chi connectivity index (χ0v) is 11.7. The molecular formula is C12H26N2S. The summed E-state index contributed by atoms with van der Waals surface area (Å²) in [5.41, 5.74) is 0. The average molecular weight is 230 g/mol. The van der Waals surface area contributed by atoms with E-state index in [0.29, 0.717) is 12.1 Å². The van der Waals surface area contributed by atoms with Gasteiger partial charge in [0, 0.05) is 18.6 Å². The molecule has 0 aromatic heterocycles. The van der Waals surface area contributed by atoms with E-state index in [1.165, 1.54) is 12.8 Å². The molecule has 0 aromatic rings. The van der Waals surface area contributed by atoms with Crippen molar-refractivity contribution >= 4 is 17.3 Å². The predicted octanol–water partition coefficient (Wildman–Crippen LogP) is 3.17. The van der Waals surface area contributed by atoms with E-state index in [1.54, 1.807) is 0 Å². The van der Waals surface area contributed by atoms with Crippen LogP contribution in [-0.4, -0.2) is 28.6 Å². The molecule has 0 rings (SSSR count). The first-order valence-electron chi connectivity index (χ1n) is 6.10. The molecule has 0 amide bonds. The molecule has 0 aliphatic rings. The van der Waals surface area contributed by atoms with E-state index in [2.05, 4.69) is 44.8 Å². The van der Waals surface area contributed by atoms with Gasteiger partial charge in [0.05, 0.1) is 0 Å². The van der Waals surface area contributed by atoms with Gasteiger partial charge < -0.3 is 10.2 Å². The topological polar surface area (TPSA) is 15.3 Å². The molecule has 3 heteroatoms. The summed E-state index contributed by atoms with van der Waals surface area (Å²) in [5.74, 6) is 0. The van der Waals surface area contributed by atoms with E-state index in [1.807, 2.05) is 0 Å². The van der Waals surface area contributed by atoms with Crippen molar-refractivity contribution < 1.29 is 0 Å². The van der Waals surface area contributed by atoms with Crippen LogP contribution in [0.2, 0.25) is 0 Å². The second-order valence-electron chi connectivity index (χ2n) is 4.41. The molecule has 15 heavy (non-hydrogen) atoms. The van der Waals surface area contributed by atoms with Crippen molar-refractivity contribution in [2.45, 2.75) is 66.0 Å². The largest absolute Gasteiger partial charge is 0.360 e. The van der Waals surface area contributed by atoms with E-state index in [9.17, 15) is 0 Å². The van der Waals surface area contributed by atoms with Crippen molar-refractivity contribution in [3.63, 3.8) is 0 Å². The first kappa shape index (κ1) is 14.7. The van der Waals surface area contributed by atoms with Gasteiger partial charge in [-0.15, -0.1) is 0 Å². The number of hydrogen-bond acceptors (Lipinski definition) is 1. The Hall–Kier alpha value is -0.310. The standard InChI is InChI=1S/C12H26N2S/c1-6-8-9-14(11(5)7-2)12(15)13-10(3)4/h10-11H,6-9H2,1-5H3,(H,13,15). The zero-order chi connectivity index (χ0) is 11.8. The van der Waals surface area contributed by atoms with Gasteiger partial charge >= 0.3 is 0 Å². The first-order chi connectivity index (χ1) is 7.02. The molecule has 0 heterocycles. The van der Waals surface area contributed by atoms with E-state index in [-0.39, 0.29) is 0 Å². The molecule has 1 atom stereocenters. The SMILES string of the molecule is CCCCN(C(=S)NC(C)C)C(C)CC. The third-order valence-corrected chi connectivity index (χ3v) is 2.90. The molecule has 90 valence electrons. The summed E-state index contributed by atoms with van der Waals surface area (Å²) in [5, 5.41) is 4.23. The number of rotatable bonds is 6. The summed E-state index contributed by atoms with van der Waals surface area (Å²) >= 11 is 5.42. The molecule has 0 saturated heterocycles. The van der Waals surface area contributed by atoms with Crippen LogP contribution in [0.4, 0.5) is 0 Å². The molecular weight excluding hydrogens is 204 g/mol. The zero-order valence-electron chi connectivity index (χ0n) is 10.8.